The SMILES string of the molecule is COc1ccc(OC)c(CN(CCN2CCOCC2)c2cc(N(C)C)c([N+](=O)[O-])c3nonc23)c1. The van der Waals surface area contributed by atoms with E-state index < -0.39 is 4.92 Å². The second-order valence-electron chi connectivity index (χ2n) is 8.43. The lowest BCUT2D eigenvalue weighted by Gasteiger charge is -2.32. The summed E-state index contributed by atoms with van der Waals surface area (Å²) in [4.78, 5) is 17.6. The number of nitro benzene ring substituents is 1. The number of ether oxygens (including phenoxy) is 3. The Labute approximate surface area is 203 Å². The summed E-state index contributed by atoms with van der Waals surface area (Å²) < 4.78 is 21.5. The quantitative estimate of drug-likeness (QED) is 0.311. The van der Waals surface area contributed by atoms with E-state index in [1.54, 1.807) is 39.3 Å². The molecule has 12 nitrogen and oxygen atoms in total. The maximum absolute atomic E-state index is 11.9. The van der Waals surface area contributed by atoms with Gasteiger partial charge < -0.3 is 24.0 Å². The van der Waals surface area contributed by atoms with E-state index >= 15 is 0 Å². The minimum atomic E-state index is -0.450. The summed E-state index contributed by atoms with van der Waals surface area (Å²) in [7, 11) is 6.76. The van der Waals surface area contributed by atoms with E-state index in [4.69, 9.17) is 18.8 Å². The molecule has 188 valence electrons. The van der Waals surface area contributed by atoms with Gasteiger partial charge in [-0.05, 0) is 34.6 Å². The highest BCUT2D eigenvalue weighted by molar-refractivity contribution is 6.00. The largest absolute Gasteiger partial charge is 0.497 e. The molecule has 2 aromatic carbocycles. The van der Waals surface area contributed by atoms with E-state index in [0.717, 1.165) is 25.2 Å². The van der Waals surface area contributed by atoms with Gasteiger partial charge in [-0.3, -0.25) is 15.0 Å². The Balaban J connectivity index is 1.80. The lowest BCUT2D eigenvalue weighted by Crippen LogP contribution is -2.41. The Morgan fingerprint density at radius 1 is 1.09 bits per heavy atom. The van der Waals surface area contributed by atoms with Gasteiger partial charge >= 0.3 is 5.69 Å². The average molecular weight is 487 g/mol. The van der Waals surface area contributed by atoms with E-state index in [0.29, 0.717) is 54.7 Å². The van der Waals surface area contributed by atoms with Crippen LogP contribution in [-0.4, -0.2) is 87.8 Å². The molecule has 0 radical (unpaired) electrons. The van der Waals surface area contributed by atoms with Gasteiger partial charge in [0.2, 0.25) is 5.52 Å². The standard InChI is InChI=1S/C23H30N6O6/c1-26(2)19-14-18(21-22(25-35-24-21)23(19)29(30)31)28(8-7-27-9-11-34-12-10-27)15-16-13-17(32-3)5-6-20(16)33-4/h5-6,13-14H,7-12,15H2,1-4H3. The molecule has 0 spiro atoms. The number of morpholine rings is 1. The molecule has 12 heteroatoms. The van der Waals surface area contributed by atoms with Crippen molar-refractivity contribution in [2.45, 2.75) is 6.54 Å². The van der Waals surface area contributed by atoms with Gasteiger partial charge in [-0.1, -0.05) is 0 Å². The predicted octanol–water partition coefficient (Wildman–Crippen LogP) is 2.55. The van der Waals surface area contributed by atoms with E-state index in [9.17, 15) is 10.1 Å². The molecular formula is C23H30N6O6. The maximum Gasteiger partial charge on any atom is 0.323 e. The third-order valence-corrected chi connectivity index (χ3v) is 6.12. The number of hydrogen-bond donors (Lipinski definition) is 0. The third kappa shape index (κ3) is 5.23. The zero-order valence-electron chi connectivity index (χ0n) is 20.4. The van der Waals surface area contributed by atoms with Gasteiger partial charge in [0.25, 0.3) is 0 Å². The van der Waals surface area contributed by atoms with Crippen LogP contribution in [0.1, 0.15) is 5.56 Å². The van der Waals surface area contributed by atoms with E-state index in [1.165, 1.54) is 0 Å². The number of aromatic nitrogens is 2. The lowest BCUT2D eigenvalue weighted by atomic mass is 10.1. The van der Waals surface area contributed by atoms with Crippen LogP contribution in [0.5, 0.6) is 11.5 Å². The molecule has 0 atom stereocenters. The van der Waals surface area contributed by atoms with Crippen LogP contribution in [0.4, 0.5) is 17.1 Å². The topological polar surface area (TPSA) is 119 Å². The summed E-state index contributed by atoms with van der Waals surface area (Å²) in [6, 6.07) is 7.41. The highest BCUT2D eigenvalue weighted by atomic mass is 16.6. The molecule has 3 aromatic rings. The fourth-order valence-electron chi connectivity index (χ4n) is 4.24. The van der Waals surface area contributed by atoms with Gasteiger partial charge in [0.05, 0.1) is 38.0 Å². The van der Waals surface area contributed by atoms with E-state index in [1.807, 2.05) is 18.2 Å². The summed E-state index contributed by atoms with van der Waals surface area (Å²) in [5, 5.41) is 19.9. The van der Waals surface area contributed by atoms with Crippen LogP contribution in [0.15, 0.2) is 28.9 Å². The number of anilines is 2. The van der Waals surface area contributed by atoms with Crippen molar-refractivity contribution in [2.75, 3.05) is 77.5 Å². The fourth-order valence-corrected chi connectivity index (χ4v) is 4.24. The first-order valence-corrected chi connectivity index (χ1v) is 11.3. The van der Waals surface area contributed by atoms with Crippen molar-refractivity contribution < 1.29 is 23.8 Å². The smallest absolute Gasteiger partial charge is 0.323 e. The second-order valence-corrected chi connectivity index (χ2v) is 8.43. The molecule has 0 bridgehead atoms. The number of nitrogens with zero attached hydrogens (tertiary/aromatic N) is 6. The number of fused-ring (bicyclic) bond motifs is 1. The monoisotopic (exact) mass is 486 g/mol. The highest BCUT2D eigenvalue weighted by Gasteiger charge is 2.29. The third-order valence-electron chi connectivity index (χ3n) is 6.12. The van der Waals surface area contributed by atoms with Crippen LogP contribution in [-0.2, 0) is 11.3 Å². The van der Waals surface area contributed by atoms with Crippen LogP contribution in [0, 0.1) is 10.1 Å². The molecule has 1 saturated heterocycles. The minimum Gasteiger partial charge on any atom is -0.497 e. The molecule has 0 saturated carbocycles. The molecule has 35 heavy (non-hydrogen) atoms. The zero-order valence-corrected chi connectivity index (χ0v) is 20.4. The minimum absolute atomic E-state index is 0.116. The van der Waals surface area contributed by atoms with E-state index in [-0.39, 0.29) is 11.2 Å². The van der Waals surface area contributed by atoms with Crippen molar-refractivity contribution in [3.8, 4) is 11.5 Å². The summed E-state index contributed by atoms with van der Waals surface area (Å²) in [5.41, 5.74) is 2.33. The average Bonchev–Trinajstić information content (AvgIpc) is 3.35. The molecule has 2 heterocycles. The number of benzene rings is 2. The Morgan fingerprint density at radius 2 is 1.83 bits per heavy atom. The van der Waals surface area contributed by atoms with Crippen molar-refractivity contribution in [1.82, 2.24) is 15.2 Å². The van der Waals surface area contributed by atoms with Gasteiger partial charge in [-0.2, -0.15) is 0 Å². The van der Waals surface area contributed by atoms with Crippen molar-refractivity contribution in [3.05, 3.63) is 39.9 Å². The molecule has 1 aliphatic rings. The van der Waals surface area contributed by atoms with Gasteiger partial charge in [-0.15, -0.1) is 0 Å². The summed E-state index contributed by atoms with van der Waals surface area (Å²) in [5.74, 6) is 1.42. The van der Waals surface area contributed by atoms with Gasteiger partial charge in [-0.25, -0.2) is 4.63 Å². The van der Waals surface area contributed by atoms with Crippen molar-refractivity contribution >= 4 is 28.1 Å². The van der Waals surface area contributed by atoms with Gasteiger partial charge in [0, 0.05) is 52.4 Å². The number of hydrogen-bond acceptors (Lipinski definition) is 11. The predicted molar refractivity (Wildman–Crippen MR) is 131 cm³/mol. The van der Waals surface area contributed by atoms with Crippen LogP contribution >= 0.6 is 0 Å². The molecule has 0 aliphatic carbocycles. The Morgan fingerprint density at radius 3 is 2.49 bits per heavy atom. The molecule has 1 fully saturated rings. The van der Waals surface area contributed by atoms with Crippen molar-refractivity contribution in [3.63, 3.8) is 0 Å². The molecule has 0 N–H and O–H groups in total. The summed E-state index contributed by atoms with van der Waals surface area (Å²) >= 11 is 0. The molecule has 1 aromatic heterocycles. The molecule has 4 rings (SSSR count). The first kappa shape index (κ1) is 24.5. The fraction of sp³-hybridized carbons (Fsp3) is 0.478. The Hall–Kier alpha value is -3.64. The second kappa shape index (κ2) is 10.7. The van der Waals surface area contributed by atoms with Crippen LogP contribution in [0.25, 0.3) is 11.0 Å². The first-order valence-electron chi connectivity index (χ1n) is 11.3. The maximum atomic E-state index is 11.9. The number of rotatable bonds is 10. The number of methoxy groups -OCH3 is 2. The van der Waals surface area contributed by atoms with E-state index in [2.05, 4.69) is 20.1 Å². The summed E-state index contributed by atoms with van der Waals surface area (Å²) in [6.07, 6.45) is 0. The molecule has 0 amide bonds. The first-order chi connectivity index (χ1) is 16.9. The highest BCUT2D eigenvalue weighted by Crippen LogP contribution is 2.40. The van der Waals surface area contributed by atoms with Crippen LogP contribution < -0.4 is 19.3 Å². The molecule has 0 unspecified atom stereocenters. The molecular weight excluding hydrogens is 456 g/mol. The Bertz CT molecular complexity index is 1180. The lowest BCUT2D eigenvalue weighted by molar-refractivity contribution is -0.382. The van der Waals surface area contributed by atoms with Gasteiger partial charge in [0.1, 0.15) is 17.2 Å². The van der Waals surface area contributed by atoms with Crippen molar-refractivity contribution in [1.29, 1.82) is 0 Å². The van der Waals surface area contributed by atoms with Gasteiger partial charge in [0.15, 0.2) is 5.52 Å². The van der Waals surface area contributed by atoms with Crippen molar-refractivity contribution in [2.24, 2.45) is 0 Å². The Kier molecular flexibility index (Phi) is 7.51. The number of nitro groups is 1. The zero-order chi connectivity index (χ0) is 24.9. The van der Waals surface area contributed by atoms with Crippen LogP contribution in [0.2, 0.25) is 0 Å². The summed E-state index contributed by atoms with van der Waals surface area (Å²) in [6.45, 7) is 4.95. The molecule has 1 aliphatic heterocycles. The normalized spacial score (nSPS) is 14.2. The van der Waals surface area contributed by atoms with Crippen LogP contribution in [0.3, 0.4) is 0 Å².